The Morgan fingerprint density at radius 1 is 1.12 bits per heavy atom. The number of thiazole rings is 1. The van der Waals surface area contributed by atoms with E-state index in [1.807, 2.05) is 34.0 Å². The van der Waals surface area contributed by atoms with Gasteiger partial charge in [0.2, 0.25) is 0 Å². The second-order valence-electron chi connectivity index (χ2n) is 8.04. The van der Waals surface area contributed by atoms with Crippen LogP contribution >= 0.6 is 11.3 Å². The lowest BCUT2D eigenvalue weighted by Gasteiger charge is -2.33. The Hall–Kier alpha value is -3.73. The molecule has 0 bridgehead atoms. The quantitative estimate of drug-likeness (QED) is 0.459. The van der Waals surface area contributed by atoms with E-state index in [9.17, 15) is 14.3 Å². The van der Waals surface area contributed by atoms with Crippen molar-refractivity contribution in [3.05, 3.63) is 53.3 Å². The molecule has 1 N–H and O–H groups in total. The first-order chi connectivity index (χ1) is 16.4. The summed E-state index contributed by atoms with van der Waals surface area (Å²) < 4.78 is 15.1. The number of halogens is 1. The van der Waals surface area contributed by atoms with Crippen molar-refractivity contribution in [1.29, 1.82) is 0 Å². The summed E-state index contributed by atoms with van der Waals surface area (Å²) in [7, 11) is 1.94. The second-order valence-corrected chi connectivity index (χ2v) is 8.87. The van der Waals surface area contributed by atoms with E-state index in [0.717, 1.165) is 45.8 Å². The first-order valence-corrected chi connectivity index (χ1v) is 11.9. The Kier molecular flexibility index (Phi) is 5.78. The summed E-state index contributed by atoms with van der Waals surface area (Å²) in [5.74, 6) is 1.34. The van der Waals surface area contributed by atoms with Crippen molar-refractivity contribution >= 4 is 39.8 Å². The molecule has 0 spiro atoms. The summed E-state index contributed by atoms with van der Waals surface area (Å²) in [5.41, 5.74) is 3.28. The van der Waals surface area contributed by atoms with Crippen molar-refractivity contribution in [2.45, 2.75) is 13.3 Å². The lowest BCUT2D eigenvalue weighted by atomic mass is 10.2. The number of aryl methyl sites for hydroxylation is 1. The standard InChI is InChI=1S/C23H24FN7O2S/c1-3-17-21(28(2)22-26-18(14-34-22)15-4-6-16(24)7-5-15)31-19(25-17)8-9-20(27-31)29-10-12-30(13-11-29)23(32)33/h4-9,14H,3,10-13H2,1-2H3,(H,32,33). The summed E-state index contributed by atoms with van der Waals surface area (Å²) in [5, 5.41) is 16.8. The summed E-state index contributed by atoms with van der Waals surface area (Å²) in [6.45, 7) is 4.10. The molecule has 5 rings (SSSR count). The van der Waals surface area contributed by atoms with E-state index in [0.29, 0.717) is 26.2 Å². The fourth-order valence-corrected chi connectivity index (χ4v) is 4.89. The van der Waals surface area contributed by atoms with Gasteiger partial charge < -0.3 is 19.8 Å². The van der Waals surface area contributed by atoms with Gasteiger partial charge in [-0.2, -0.15) is 4.52 Å². The molecule has 1 aromatic carbocycles. The zero-order valence-corrected chi connectivity index (χ0v) is 19.7. The molecule has 1 amide bonds. The number of hydrogen-bond acceptors (Lipinski definition) is 7. The Labute approximate surface area is 199 Å². The minimum Gasteiger partial charge on any atom is -0.465 e. The largest absolute Gasteiger partial charge is 0.465 e. The van der Waals surface area contributed by atoms with Crippen LogP contribution in [0.15, 0.2) is 41.8 Å². The monoisotopic (exact) mass is 481 g/mol. The van der Waals surface area contributed by atoms with Gasteiger partial charge in [0.1, 0.15) is 11.6 Å². The van der Waals surface area contributed by atoms with Crippen LogP contribution in [0, 0.1) is 5.82 Å². The molecule has 4 aromatic rings. The van der Waals surface area contributed by atoms with E-state index in [1.54, 1.807) is 12.1 Å². The first kappa shape index (κ1) is 22.1. The van der Waals surface area contributed by atoms with Gasteiger partial charge in [-0.3, -0.25) is 0 Å². The average molecular weight is 482 g/mol. The molecule has 0 unspecified atom stereocenters. The third kappa shape index (κ3) is 4.03. The van der Waals surface area contributed by atoms with Crippen LogP contribution in [0.1, 0.15) is 12.6 Å². The molecule has 34 heavy (non-hydrogen) atoms. The molecule has 0 atom stereocenters. The van der Waals surface area contributed by atoms with Gasteiger partial charge in [-0.25, -0.2) is 19.2 Å². The number of hydrogen-bond donors (Lipinski definition) is 1. The minimum atomic E-state index is -0.891. The van der Waals surface area contributed by atoms with Crippen LogP contribution < -0.4 is 9.80 Å². The van der Waals surface area contributed by atoms with Gasteiger partial charge in [-0.15, -0.1) is 16.4 Å². The van der Waals surface area contributed by atoms with Gasteiger partial charge in [-0.05, 0) is 42.8 Å². The number of carbonyl (C=O) groups is 1. The number of rotatable bonds is 5. The molecule has 176 valence electrons. The number of aromatic nitrogens is 4. The molecule has 11 heteroatoms. The van der Waals surface area contributed by atoms with E-state index in [-0.39, 0.29) is 5.82 Å². The molecule has 1 fully saturated rings. The summed E-state index contributed by atoms with van der Waals surface area (Å²) in [6, 6.07) is 10.2. The number of fused-ring (bicyclic) bond motifs is 1. The zero-order valence-electron chi connectivity index (χ0n) is 18.8. The maximum atomic E-state index is 13.3. The molecule has 1 aliphatic heterocycles. The predicted octanol–water partition coefficient (Wildman–Crippen LogP) is 4.12. The highest BCUT2D eigenvalue weighted by atomic mass is 32.1. The highest BCUT2D eigenvalue weighted by molar-refractivity contribution is 7.14. The third-order valence-corrected chi connectivity index (χ3v) is 6.87. The molecule has 0 saturated carbocycles. The number of nitrogens with zero attached hydrogens (tertiary/aromatic N) is 7. The number of benzene rings is 1. The van der Waals surface area contributed by atoms with E-state index in [2.05, 4.69) is 11.8 Å². The van der Waals surface area contributed by atoms with Crippen molar-refractivity contribution < 1.29 is 14.3 Å². The third-order valence-electron chi connectivity index (χ3n) is 5.95. The SMILES string of the molecule is CCc1nc2ccc(N3CCN(C(=O)O)CC3)nn2c1N(C)c1nc(-c2ccc(F)cc2)cs1. The van der Waals surface area contributed by atoms with Crippen molar-refractivity contribution in [3.8, 4) is 11.3 Å². The normalized spacial score (nSPS) is 14.1. The Balaban J connectivity index is 1.47. The number of carboxylic acid groups (broad SMARTS) is 1. The minimum absolute atomic E-state index is 0.277. The van der Waals surface area contributed by atoms with Gasteiger partial charge >= 0.3 is 6.09 Å². The van der Waals surface area contributed by atoms with Crippen LogP contribution in [0.2, 0.25) is 0 Å². The van der Waals surface area contributed by atoms with Crippen molar-refractivity contribution in [2.75, 3.05) is 43.0 Å². The smallest absolute Gasteiger partial charge is 0.407 e. The lowest BCUT2D eigenvalue weighted by molar-refractivity contribution is 0.142. The Morgan fingerprint density at radius 2 is 1.85 bits per heavy atom. The Morgan fingerprint density at radius 3 is 2.53 bits per heavy atom. The maximum Gasteiger partial charge on any atom is 0.407 e. The van der Waals surface area contributed by atoms with Gasteiger partial charge in [0, 0.05) is 44.2 Å². The van der Waals surface area contributed by atoms with Gasteiger partial charge in [0.15, 0.2) is 16.6 Å². The van der Waals surface area contributed by atoms with Crippen molar-refractivity contribution in [2.24, 2.45) is 0 Å². The van der Waals surface area contributed by atoms with E-state index < -0.39 is 6.09 Å². The van der Waals surface area contributed by atoms with Crippen LogP contribution in [0.5, 0.6) is 0 Å². The zero-order chi connectivity index (χ0) is 23.8. The van der Waals surface area contributed by atoms with Crippen LogP contribution in [-0.4, -0.2) is 68.9 Å². The van der Waals surface area contributed by atoms with E-state index in [1.165, 1.54) is 28.4 Å². The number of piperazine rings is 1. The fraction of sp³-hybridized carbons (Fsp3) is 0.304. The topological polar surface area (TPSA) is 90.1 Å². The molecule has 1 saturated heterocycles. The second kappa shape index (κ2) is 8.90. The van der Waals surface area contributed by atoms with Crippen molar-refractivity contribution in [3.63, 3.8) is 0 Å². The van der Waals surface area contributed by atoms with Crippen LogP contribution in [0.25, 0.3) is 16.9 Å². The molecular formula is C23H24FN7O2S. The van der Waals surface area contributed by atoms with E-state index >= 15 is 0 Å². The maximum absolute atomic E-state index is 13.3. The number of imidazole rings is 1. The fourth-order valence-electron chi connectivity index (χ4n) is 4.09. The highest BCUT2D eigenvalue weighted by Gasteiger charge is 2.24. The predicted molar refractivity (Wildman–Crippen MR) is 130 cm³/mol. The highest BCUT2D eigenvalue weighted by Crippen LogP contribution is 2.33. The van der Waals surface area contributed by atoms with Crippen LogP contribution in [0.3, 0.4) is 0 Å². The molecule has 0 aliphatic carbocycles. The number of anilines is 3. The number of amides is 1. The average Bonchev–Trinajstić information content (AvgIpc) is 3.49. The summed E-state index contributed by atoms with van der Waals surface area (Å²) in [6.07, 6.45) is -0.163. The van der Waals surface area contributed by atoms with Gasteiger partial charge in [0.25, 0.3) is 0 Å². The summed E-state index contributed by atoms with van der Waals surface area (Å²) in [4.78, 5) is 26.2. The van der Waals surface area contributed by atoms with Crippen LogP contribution in [0.4, 0.5) is 26.0 Å². The van der Waals surface area contributed by atoms with Crippen molar-refractivity contribution in [1.82, 2.24) is 24.5 Å². The van der Waals surface area contributed by atoms with Gasteiger partial charge in [0.05, 0.1) is 11.4 Å². The Bertz CT molecular complexity index is 1330. The van der Waals surface area contributed by atoms with Gasteiger partial charge in [-0.1, -0.05) is 6.92 Å². The van der Waals surface area contributed by atoms with Crippen LogP contribution in [-0.2, 0) is 6.42 Å². The lowest BCUT2D eigenvalue weighted by Crippen LogP contribution is -2.48. The molecule has 3 aromatic heterocycles. The molecule has 9 nitrogen and oxygen atoms in total. The summed E-state index contributed by atoms with van der Waals surface area (Å²) >= 11 is 1.50. The molecule has 4 heterocycles. The molecule has 1 aliphatic rings. The molecule has 0 radical (unpaired) electrons. The van der Waals surface area contributed by atoms with E-state index in [4.69, 9.17) is 15.1 Å². The first-order valence-electron chi connectivity index (χ1n) is 11.0. The molecular weight excluding hydrogens is 457 g/mol.